The molecule has 1 aliphatic rings. The van der Waals surface area contributed by atoms with E-state index in [1.165, 1.54) is 12.1 Å². The summed E-state index contributed by atoms with van der Waals surface area (Å²) in [6.07, 6.45) is 2.33. The Kier molecular flexibility index (Phi) is 10.8. The van der Waals surface area contributed by atoms with Crippen LogP contribution >= 0.6 is 11.3 Å². The first-order valence-electron chi connectivity index (χ1n) is 12.7. The third kappa shape index (κ3) is 7.90. The van der Waals surface area contributed by atoms with Crippen LogP contribution in [0.1, 0.15) is 50.4 Å². The lowest BCUT2D eigenvalue weighted by molar-refractivity contribution is -0.000450. The van der Waals surface area contributed by atoms with Crippen LogP contribution in [0.2, 0.25) is 0 Å². The predicted octanol–water partition coefficient (Wildman–Crippen LogP) is 3.56. The van der Waals surface area contributed by atoms with Crippen molar-refractivity contribution in [1.82, 2.24) is 10.2 Å². The van der Waals surface area contributed by atoms with E-state index in [-0.39, 0.29) is 46.1 Å². The molecular weight excluding hydrogens is 514 g/mol. The highest BCUT2D eigenvalue weighted by Gasteiger charge is 2.30. The molecule has 0 unspecified atom stereocenters. The van der Waals surface area contributed by atoms with E-state index in [4.69, 9.17) is 9.47 Å². The molecule has 1 amide bonds. The van der Waals surface area contributed by atoms with Crippen molar-refractivity contribution in [1.29, 1.82) is 0 Å². The van der Waals surface area contributed by atoms with Crippen LogP contribution in [-0.4, -0.2) is 75.9 Å². The van der Waals surface area contributed by atoms with Gasteiger partial charge >= 0.3 is 0 Å². The molecule has 2 aromatic rings. The summed E-state index contributed by atoms with van der Waals surface area (Å²) in [5, 5.41) is 14.8. The summed E-state index contributed by atoms with van der Waals surface area (Å²) in [7, 11) is -1.92. The molecule has 0 bridgehead atoms. The van der Waals surface area contributed by atoms with E-state index in [1.54, 1.807) is 35.4 Å². The minimum absolute atomic E-state index is 0.0165. The minimum Gasteiger partial charge on any atom is -0.490 e. The molecule has 1 aromatic carbocycles. The molecule has 0 fully saturated rings. The van der Waals surface area contributed by atoms with Gasteiger partial charge in [-0.15, -0.1) is 11.3 Å². The van der Waals surface area contributed by atoms with Crippen molar-refractivity contribution >= 4 is 33.0 Å². The van der Waals surface area contributed by atoms with Gasteiger partial charge in [0.15, 0.2) is 0 Å². The molecule has 0 saturated heterocycles. The monoisotopic (exact) mass is 553 g/mol. The number of nitrogens with one attached hydrogen (secondary N) is 2. The summed E-state index contributed by atoms with van der Waals surface area (Å²) < 4.78 is 40.8. The third-order valence-corrected chi connectivity index (χ3v) is 9.25. The molecule has 2 heterocycles. The highest BCUT2D eigenvalue weighted by molar-refractivity contribution is 7.94. The zero-order chi connectivity index (χ0) is 27.0. The van der Waals surface area contributed by atoms with E-state index in [2.05, 4.69) is 10.0 Å². The van der Waals surface area contributed by atoms with Gasteiger partial charge in [0.25, 0.3) is 15.9 Å². The molecule has 11 heteroatoms. The number of likely N-dealkylation sites (N-methyl/N-ethyl adjacent to an activating group) is 1. The van der Waals surface area contributed by atoms with Crippen LogP contribution in [0.4, 0.5) is 5.69 Å². The fraction of sp³-hybridized carbons (Fsp3) is 0.577. The molecule has 0 aliphatic carbocycles. The number of aliphatic hydroxyl groups is 1. The van der Waals surface area contributed by atoms with Gasteiger partial charge in [-0.05, 0) is 69.8 Å². The predicted molar refractivity (Wildman–Crippen MR) is 146 cm³/mol. The van der Waals surface area contributed by atoms with Crippen LogP contribution in [0, 0.1) is 5.92 Å². The maximum atomic E-state index is 14.0. The number of carbonyl (C=O) groups is 1. The first-order valence-corrected chi connectivity index (χ1v) is 15.1. The van der Waals surface area contributed by atoms with Crippen LogP contribution in [0.5, 0.6) is 5.75 Å². The molecule has 3 N–H and O–H groups in total. The second kappa shape index (κ2) is 13.6. The average molecular weight is 554 g/mol. The first-order chi connectivity index (χ1) is 17.7. The first kappa shape index (κ1) is 29.4. The number of carbonyl (C=O) groups excluding carboxylic acids is 1. The van der Waals surface area contributed by atoms with E-state index in [0.717, 1.165) is 30.6 Å². The number of benzene rings is 1. The molecular formula is C26H39N3O6S2. The van der Waals surface area contributed by atoms with Gasteiger partial charge in [-0.2, -0.15) is 0 Å². The quantitative estimate of drug-likeness (QED) is 0.480. The zero-order valence-electron chi connectivity index (χ0n) is 22.0. The maximum Gasteiger partial charge on any atom is 0.271 e. The Bertz CT molecular complexity index is 1110. The molecule has 37 heavy (non-hydrogen) atoms. The van der Waals surface area contributed by atoms with Crippen molar-refractivity contribution in [3.8, 4) is 5.75 Å². The number of nitrogens with zero attached hydrogens (tertiary/aromatic N) is 1. The van der Waals surface area contributed by atoms with Gasteiger partial charge in [0.1, 0.15) is 9.96 Å². The molecule has 0 saturated carbocycles. The Morgan fingerprint density at radius 1 is 1.24 bits per heavy atom. The largest absolute Gasteiger partial charge is 0.490 e. The van der Waals surface area contributed by atoms with Crippen LogP contribution in [0.15, 0.2) is 39.9 Å². The van der Waals surface area contributed by atoms with Crippen LogP contribution in [-0.2, 0) is 14.8 Å². The average Bonchev–Trinajstić information content (AvgIpc) is 3.42. The van der Waals surface area contributed by atoms with E-state index < -0.39 is 16.1 Å². The summed E-state index contributed by atoms with van der Waals surface area (Å²) in [5.41, 5.74) is 0.507. The van der Waals surface area contributed by atoms with Gasteiger partial charge in [-0.3, -0.25) is 9.52 Å². The van der Waals surface area contributed by atoms with Gasteiger partial charge in [0, 0.05) is 31.3 Å². The van der Waals surface area contributed by atoms with Gasteiger partial charge in [-0.25, -0.2) is 8.42 Å². The topological polar surface area (TPSA) is 117 Å². The summed E-state index contributed by atoms with van der Waals surface area (Å²) >= 11 is 1.11. The molecule has 0 radical (unpaired) electrons. The molecule has 9 nitrogen and oxygen atoms in total. The molecule has 1 aliphatic heterocycles. The molecule has 4 atom stereocenters. The van der Waals surface area contributed by atoms with Crippen LogP contribution in [0.3, 0.4) is 0 Å². The minimum atomic E-state index is -3.79. The number of aliphatic hydroxyl groups excluding tert-OH is 1. The second-order valence-electron chi connectivity index (χ2n) is 9.61. The van der Waals surface area contributed by atoms with Crippen molar-refractivity contribution < 1.29 is 27.8 Å². The Balaban J connectivity index is 2.01. The smallest absolute Gasteiger partial charge is 0.271 e. The lowest BCUT2D eigenvalue weighted by atomic mass is 10.0. The highest BCUT2D eigenvalue weighted by atomic mass is 32.2. The molecule has 3 rings (SSSR count). The number of ether oxygens (including phenoxy) is 2. The molecule has 1 aromatic heterocycles. The number of hydrogen-bond acceptors (Lipinski definition) is 8. The summed E-state index contributed by atoms with van der Waals surface area (Å²) in [4.78, 5) is 15.6. The Morgan fingerprint density at radius 3 is 2.70 bits per heavy atom. The fourth-order valence-electron chi connectivity index (χ4n) is 4.30. The summed E-state index contributed by atoms with van der Waals surface area (Å²) in [6.45, 7) is 7.17. The SMILES string of the molecule is CNC[C@H]1OCCCC[C@H](C)Oc2ccc(NS(=O)(=O)c3cccs3)cc2C(=O)N([C@@H](C)CO)C[C@@H]1C. The lowest BCUT2D eigenvalue weighted by Gasteiger charge is -2.34. The normalized spacial score (nSPS) is 23.0. The van der Waals surface area contributed by atoms with E-state index in [9.17, 15) is 18.3 Å². The van der Waals surface area contributed by atoms with E-state index in [1.807, 2.05) is 20.9 Å². The van der Waals surface area contributed by atoms with Crippen molar-refractivity contribution in [2.24, 2.45) is 5.92 Å². The van der Waals surface area contributed by atoms with Crippen LogP contribution in [0.25, 0.3) is 0 Å². The zero-order valence-corrected chi connectivity index (χ0v) is 23.6. The Hall–Kier alpha value is -2.18. The van der Waals surface area contributed by atoms with Crippen molar-refractivity contribution in [3.05, 3.63) is 41.3 Å². The lowest BCUT2D eigenvalue weighted by Crippen LogP contribution is -2.47. The number of sulfonamides is 1. The third-order valence-electron chi connectivity index (χ3n) is 6.47. The molecule has 206 valence electrons. The van der Waals surface area contributed by atoms with E-state index in [0.29, 0.717) is 25.4 Å². The Labute approximate surface area is 224 Å². The number of hydrogen-bond donors (Lipinski definition) is 3. The van der Waals surface area contributed by atoms with Gasteiger partial charge in [0.2, 0.25) is 0 Å². The Morgan fingerprint density at radius 2 is 2.03 bits per heavy atom. The fourth-order valence-corrected chi connectivity index (χ4v) is 6.34. The number of anilines is 1. The van der Waals surface area contributed by atoms with Crippen LogP contribution < -0.4 is 14.8 Å². The summed E-state index contributed by atoms with van der Waals surface area (Å²) in [5.74, 6) is 0.0321. The molecule has 0 spiro atoms. The number of thiophene rings is 1. The maximum absolute atomic E-state index is 14.0. The van der Waals surface area contributed by atoms with Crippen molar-refractivity contribution in [2.45, 2.75) is 62.5 Å². The van der Waals surface area contributed by atoms with Gasteiger partial charge < -0.3 is 24.8 Å². The number of fused-ring (bicyclic) bond motifs is 1. The van der Waals surface area contributed by atoms with Crippen molar-refractivity contribution in [3.63, 3.8) is 0 Å². The standard InChI is InChI=1S/C26H39N3O6S2/c1-18-16-29(19(2)17-30)26(31)22-14-21(28-37(32,33)25-9-7-13-36-25)10-11-23(22)35-20(3)8-5-6-12-34-24(18)15-27-4/h7,9-11,13-14,18-20,24,27-28,30H,5-6,8,12,15-17H2,1-4H3/t18-,19-,20-,24+/m0/s1. The van der Waals surface area contributed by atoms with Gasteiger partial charge in [0.05, 0.1) is 30.4 Å². The van der Waals surface area contributed by atoms with E-state index >= 15 is 0 Å². The summed E-state index contributed by atoms with van der Waals surface area (Å²) in [6, 6.07) is 7.49. The number of amides is 1. The second-order valence-corrected chi connectivity index (χ2v) is 12.5. The van der Waals surface area contributed by atoms with Crippen molar-refractivity contribution in [2.75, 3.05) is 38.1 Å². The number of rotatable bonds is 7. The highest BCUT2D eigenvalue weighted by Crippen LogP contribution is 2.30. The van der Waals surface area contributed by atoms with Gasteiger partial charge in [-0.1, -0.05) is 13.0 Å².